The molecule has 7 nitrogen and oxygen atoms in total. The number of hydrogen-bond donors (Lipinski definition) is 0. The van der Waals surface area contributed by atoms with Gasteiger partial charge in [-0.15, -0.1) is 0 Å². The zero-order valence-corrected chi connectivity index (χ0v) is 15.5. The molecule has 1 aliphatic heterocycles. The molecule has 1 unspecified atom stereocenters. The van der Waals surface area contributed by atoms with Gasteiger partial charge in [0.1, 0.15) is 5.82 Å². The third kappa shape index (κ3) is 3.43. The predicted octanol–water partition coefficient (Wildman–Crippen LogP) is 2.14. The summed E-state index contributed by atoms with van der Waals surface area (Å²) in [5.41, 5.74) is 0.634. The van der Waals surface area contributed by atoms with E-state index in [0.717, 1.165) is 36.9 Å². The highest BCUT2D eigenvalue weighted by Gasteiger charge is 2.28. The molecule has 1 amide bonds. The largest absolute Gasteiger partial charge is 0.345 e. The molecule has 3 heterocycles. The minimum atomic E-state index is 0.0232. The van der Waals surface area contributed by atoms with Gasteiger partial charge in [-0.3, -0.25) is 9.48 Å². The second-order valence-electron chi connectivity index (χ2n) is 6.65. The lowest BCUT2D eigenvalue weighted by molar-refractivity contribution is 0.0717. The van der Waals surface area contributed by atoms with Gasteiger partial charge in [0.15, 0.2) is 0 Å². The fourth-order valence-electron chi connectivity index (χ4n) is 2.94. The lowest BCUT2D eigenvalue weighted by Gasteiger charge is -2.37. The summed E-state index contributed by atoms with van der Waals surface area (Å²) in [6.07, 6.45) is 5.44. The quantitative estimate of drug-likeness (QED) is 0.847. The van der Waals surface area contributed by atoms with Crippen molar-refractivity contribution in [2.24, 2.45) is 7.05 Å². The number of amides is 1. The van der Waals surface area contributed by atoms with Crippen molar-refractivity contribution in [2.45, 2.75) is 38.6 Å². The fourth-order valence-corrected chi connectivity index (χ4v) is 3.78. The molecule has 0 saturated carbocycles. The van der Waals surface area contributed by atoms with E-state index in [-0.39, 0.29) is 11.9 Å². The number of carbonyl (C=O) groups excluding carboxylic acids is 1. The van der Waals surface area contributed by atoms with Crippen LogP contribution in [0.15, 0.2) is 12.4 Å². The molecule has 0 aromatic carbocycles. The molecular weight excluding hydrogens is 324 g/mol. The van der Waals surface area contributed by atoms with Gasteiger partial charge in [-0.05, 0) is 12.8 Å². The summed E-state index contributed by atoms with van der Waals surface area (Å²) in [6, 6.07) is 0.179. The van der Waals surface area contributed by atoms with Crippen LogP contribution in [0.5, 0.6) is 0 Å². The molecule has 3 rings (SSSR count). The number of aryl methyl sites for hydroxylation is 1. The molecule has 1 atom stereocenters. The van der Waals surface area contributed by atoms with Crippen LogP contribution in [0.4, 0.5) is 5.13 Å². The van der Waals surface area contributed by atoms with Gasteiger partial charge >= 0.3 is 0 Å². The third-order valence-electron chi connectivity index (χ3n) is 4.43. The maximum atomic E-state index is 12.6. The summed E-state index contributed by atoms with van der Waals surface area (Å²) in [5.74, 6) is 1.26. The predicted molar refractivity (Wildman–Crippen MR) is 94.5 cm³/mol. The van der Waals surface area contributed by atoms with E-state index in [2.05, 4.69) is 33.2 Å². The first-order valence-corrected chi connectivity index (χ1v) is 9.07. The Balaban J connectivity index is 1.69. The topological polar surface area (TPSA) is 67.2 Å². The van der Waals surface area contributed by atoms with Crippen molar-refractivity contribution in [1.29, 1.82) is 0 Å². The summed E-state index contributed by atoms with van der Waals surface area (Å²) < 4.78 is 6.10. The van der Waals surface area contributed by atoms with E-state index < -0.39 is 0 Å². The summed E-state index contributed by atoms with van der Waals surface area (Å²) in [6.45, 7) is 5.98. The molecule has 2 aromatic heterocycles. The van der Waals surface area contributed by atoms with Gasteiger partial charge < -0.3 is 9.80 Å². The molecule has 0 radical (unpaired) electrons. The highest BCUT2D eigenvalue weighted by molar-refractivity contribution is 7.09. The molecule has 1 fully saturated rings. The number of piperidine rings is 1. The number of anilines is 1. The summed E-state index contributed by atoms with van der Waals surface area (Å²) in [4.78, 5) is 21.4. The highest BCUT2D eigenvalue weighted by atomic mass is 32.1. The van der Waals surface area contributed by atoms with Crippen LogP contribution in [0, 0.1) is 0 Å². The summed E-state index contributed by atoms with van der Waals surface area (Å²) in [7, 11) is 3.70. The second kappa shape index (κ2) is 6.88. The Kier molecular flexibility index (Phi) is 4.84. The molecule has 0 bridgehead atoms. The SMILES string of the molecule is CC(C)c1nsc(N2CCCC(N(C)C(=O)c3cnn(C)c3)C2)n1. The zero-order valence-electron chi connectivity index (χ0n) is 14.6. The maximum Gasteiger partial charge on any atom is 0.257 e. The van der Waals surface area contributed by atoms with Crippen LogP contribution < -0.4 is 4.90 Å². The minimum absolute atomic E-state index is 0.0232. The second-order valence-corrected chi connectivity index (χ2v) is 7.38. The van der Waals surface area contributed by atoms with Crippen LogP contribution in [0.2, 0.25) is 0 Å². The maximum absolute atomic E-state index is 12.6. The van der Waals surface area contributed by atoms with Gasteiger partial charge in [-0.1, -0.05) is 13.8 Å². The third-order valence-corrected chi connectivity index (χ3v) is 5.23. The Bertz CT molecular complexity index is 709. The van der Waals surface area contributed by atoms with Crippen molar-refractivity contribution in [1.82, 2.24) is 24.0 Å². The number of likely N-dealkylation sites (N-methyl/N-ethyl adjacent to an activating group) is 1. The molecule has 130 valence electrons. The summed E-state index contributed by atoms with van der Waals surface area (Å²) in [5, 5.41) is 5.05. The van der Waals surface area contributed by atoms with E-state index in [9.17, 15) is 4.79 Å². The lowest BCUT2D eigenvalue weighted by Crippen LogP contribution is -2.48. The van der Waals surface area contributed by atoms with Crippen molar-refractivity contribution in [3.63, 3.8) is 0 Å². The van der Waals surface area contributed by atoms with E-state index in [1.165, 1.54) is 11.5 Å². The van der Waals surface area contributed by atoms with E-state index in [0.29, 0.717) is 11.5 Å². The average molecular weight is 348 g/mol. The van der Waals surface area contributed by atoms with Crippen molar-refractivity contribution in [2.75, 3.05) is 25.0 Å². The van der Waals surface area contributed by atoms with Crippen molar-refractivity contribution in [3.8, 4) is 0 Å². The average Bonchev–Trinajstić information content (AvgIpc) is 3.23. The van der Waals surface area contributed by atoms with Crippen molar-refractivity contribution in [3.05, 3.63) is 23.8 Å². The monoisotopic (exact) mass is 348 g/mol. The van der Waals surface area contributed by atoms with Gasteiger partial charge in [-0.2, -0.15) is 9.47 Å². The lowest BCUT2D eigenvalue weighted by atomic mass is 10.0. The van der Waals surface area contributed by atoms with Crippen LogP contribution in [-0.2, 0) is 7.05 Å². The van der Waals surface area contributed by atoms with Crippen molar-refractivity contribution < 1.29 is 4.79 Å². The van der Waals surface area contributed by atoms with Crippen molar-refractivity contribution >= 4 is 22.6 Å². The molecule has 0 spiro atoms. The van der Waals surface area contributed by atoms with E-state index >= 15 is 0 Å². The number of carbonyl (C=O) groups is 1. The van der Waals surface area contributed by atoms with Gasteiger partial charge in [0.05, 0.1) is 11.8 Å². The first-order valence-electron chi connectivity index (χ1n) is 8.30. The molecule has 2 aromatic rings. The molecule has 1 aliphatic rings. The van der Waals surface area contributed by atoms with E-state index in [1.807, 2.05) is 19.0 Å². The standard InChI is InChI=1S/C16H24N6OS/c1-11(2)14-18-16(24-19-14)22-7-5-6-13(10-22)21(4)15(23)12-8-17-20(3)9-12/h8-9,11,13H,5-7,10H2,1-4H3. The van der Waals surface area contributed by atoms with E-state index in [4.69, 9.17) is 0 Å². The van der Waals surface area contributed by atoms with Gasteiger partial charge in [0.25, 0.3) is 5.91 Å². The zero-order chi connectivity index (χ0) is 17.3. The van der Waals surface area contributed by atoms with Gasteiger partial charge in [-0.25, -0.2) is 4.98 Å². The summed E-state index contributed by atoms with van der Waals surface area (Å²) >= 11 is 1.45. The van der Waals surface area contributed by atoms with Crippen LogP contribution in [-0.4, -0.2) is 56.1 Å². The first-order chi connectivity index (χ1) is 11.5. The minimum Gasteiger partial charge on any atom is -0.345 e. The van der Waals surface area contributed by atoms with E-state index in [1.54, 1.807) is 17.1 Å². The van der Waals surface area contributed by atoms with Gasteiger partial charge in [0.2, 0.25) is 5.13 Å². The van der Waals surface area contributed by atoms with Crippen LogP contribution in [0.1, 0.15) is 48.8 Å². The molecule has 24 heavy (non-hydrogen) atoms. The van der Waals surface area contributed by atoms with Crippen LogP contribution >= 0.6 is 11.5 Å². The van der Waals surface area contributed by atoms with Crippen LogP contribution in [0.3, 0.4) is 0 Å². The smallest absolute Gasteiger partial charge is 0.257 e. The number of hydrogen-bond acceptors (Lipinski definition) is 6. The first kappa shape index (κ1) is 16.9. The molecule has 0 N–H and O–H groups in total. The Morgan fingerprint density at radius 3 is 2.88 bits per heavy atom. The van der Waals surface area contributed by atoms with Crippen LogP contribution in [0.25, 0.3) is 0 Å². The Morgan fingerprint density at radius 1 is 1.46 bits per heavy atom. The molecular formula is C16H24N6OS. The number of rotatable bonds is 4. The number of aromatic nitrogens is 4. The number of nitrogens with zero attached hydrogens (tertiary/aromatic N) is 6. The Morgan fingerprint density at radius 2 is 2.25 bits per heavy atom. The molecule has 1 saturated heterocycles. The van der Waals surface area contributed by atoms with Gasteiger partial charge in [0, 0.05) is 56.9 Å². The fraction of sp³-hybridized carbons (Fsp3) is 0.625. The Labute approximate surface area is 146 Å². The Hall–Kier alpha value is -1.96. The highest BCUT2D eigenvalue weighted by Crippen LogP contribution is 2.26. The molecule has 0 aliphatic carbocycles. The normalized spacial score (nSPS) is 18.2. The molecule has 8 heteroatoms.